The van der Waals surface area contributed by atoms with Crippen LogP contribution in [0.5, 0.6) is 0 Å². The molecular weight excluding hydrogens is 222 g/mol. The lowest BCUT2D eigenvalue weighted by Crippen LogP contribution is -2.72. The van der Waals surface area contributed by atoms with E-state index in [1.807, 2.05) is 0 Å². The predicted octanol–water partition coefficient (Wildman–Crippen LogP) is -1.52. The summed E-state index contributed by atoms with van der Waals surface area (Å²) in [5, 5.41) is 11.4. The molecule has 0 spiro atoms. The minimum Gasteiger partial charge on any atom is -0.329 e. The summed E-state index contributed by atoms with van der Waals surface area (Å²) in [6, 6.07) is 0.139. The third kappa shape index (κ3) is 1.83. The van der Waals surface area contributed by atoms with Gasteiger partial charge in [-0.3, -0.25) is 15.0 Å². The highest BCUT2D eigenvalue weighted by Gasteiger charge is 2.59. The number of nitro groups is 1. The molecule has 17 heavy (non-hydrogen) atoms. The molecule has 0 saturated carbocycles. The maximum absolute atomic E-state index is 11.4. The average molecular weight is 243 g/mol. The van der Waals surface area contributed by atoms with Crippen LogP contribution in [-0.2, 0) is 0 Å². The van der Waals surface area contributed by atoms with Gasteiger partial charge in [0.05, 0.1) is 0 Å². The van der Waals surface area contributed by atoms with Crippen molar-refractivity contribution in [3.8, 4) is 0 Å². The minimum absolute atomic E-state index is 0.0463. The Labute approximate surface area is 100 Å². The van der Waals surface area contributed by atoms with Gasteiger partial charge in [0, 0.05) is 61.9 Å². The molecule has 7 nitrogen and oxygen atoms in total. The lowest BCUT2D eigenvalue weighted by molar-refractivity contribution is -0.588. The fourth-order valence-electron chi connectivity index (χ4n) is 3.62. The molecule has 3 aliphatic rings. The summed E-state index contributed by atoms with van der Waals surface area (Å²) in [6.07, 6.45) is 1.59. The van der Waals surface area contributed by atoms with Crippen LogP contribution in [-0.4, -0.2) is 53.1 Å². The number of fused-ring (bicyclic) bond motifs is 3. The van der Waals surface area contributed by atoms with Crippen LogP contribution in [0.2, 0.25) is 0 Å². The second kappa shape index (κ2) is 4.49. The van der Waals surface area contributed by atoms with Gasteiger partial charge in [-0.2, -0.15) is 0 Å². The van der Waals surface area contributed by atoms with Gasteiger partial charge in [-0.1, -0.05) is 0 Å². The minimum atomic E-state index is -0.854. The quantitative estimate of drug-likeness (QED) is 0.407. The standard InChI is InChI=1S/C10H21N5O2/c11-4-7-1-10(15(16)17)2-8(5-12)14(7)9(3-10)6-13/h7-9H,1-6,11-13H2/t7-,8+,9?,10-. The summed E-state index contributed by atoms with van der Waals surface area (Å²) in [6.45, 7) is 1.30. The number of rotatable bonds is 4. The van der Waals surface area contributed by atoms with Crippen LogP contribution < -0.4 is 17.2 Å². The molecule has 0 aliphatic carbocycles. The van der Waals surface area contributed by atoms with Crippen molar-refractivity contribution in [3.63, 3.8) is 0 Å². The van der Waals surface area contributed by atoms with E-state index < -0.39 is 5.54 Å². The summed E-state index contributed by atoms with van der Waals surface area (Å²) in [5.74, 6) is 0. The highest BCUT2D eigenvalue weighted by molar-refractivity contribution is 5.07. The first-order valence-electron chi connectivity index (χ1n) is 6.10. The van der Waals surface area contributed by atoms with Gasteiger partial charge in [-0.25, -0.2) is 0 Å². The van der Waals surface area contributed by atoms with Crippen LogP contribution in [0.25, 0.3) is 0 Å². The number of nitrogens with zero attached hydrogens (tertiary/aromatic N) is 2. The molecular formula is C10H21N5O2. The van der Waals surface area contributed by atoms with Crippen LogP contribution in [0.3, 0.4) is 0 Å². The van der Waals surface area contributed by atoms with Gasteiger partial charge in [-0.15, -0.1) is 0 Å². The van der Waals surface area contributed by atoms with E-state index in [2.05, 4.69) is 4.90 Å². The lowest BCUT2D eigenvalue weighted by Gasteiger charge is -2.55. The molecule has 2 bridgehead atoms. The summed E-state index contributed by atoms with van der Waals surface area (Å²) >= 11 is 0. The van der Waals surface area contributed by atoms with E-state index in [4.69, 9.17) is 17.2 Å². The van der Waals surface area contributed by atoms with E-state index in [1.165, 1.54) is 0 Å². The van der Waals surface area contributed by atoms with E-state index in [9.17, 15) is 10.1 Å². The van der Waals surface area contributed by atoms with E-state index >= 15 is 0 Å². The van der Waals surface area contributed by atoms with Crippen molar-refractivity contribution in [2.24, 2.45) is 17.2 Å². The van der Waals surface area contributed by atoms with Gasteiger partial charge in [0.15, 0.2) is 0 Å². The SMILES string of the molecule is NCC1C[C@]2([N+](=O)[O-])C[C@@H](CN)N1[C@@H](CN)C2. The Bertz CT molecular complexity index is 275. The molecule has 0 aromatic carbocycles. The molecule has 0 amide bonds. The largest absolute Gasteiger partial charge is 0.329 e. The van der Waals surface area contributed by atoms with Gasteiger partial charge in [0.1, 0.15) is 0 Å². The number of hydrogen-bond acceptors (Lipinski definition) is 6. The molecule has 2 unspecified atom stereocenters. The number of hydrogen-bond donors (Lipinski definition) is 3. The Morgan fingerprint density at radius 3 is 1.65 bits per heavy atom. The van der Waals surface area contributed by atoms with Crippen LogP contribution in [0, 0.1) is 10.1 Å². The van der Waals surface area contributed by atoms with Crippen molar-refractivity contribution in [2.75, 3.05) is 19.6 Å². The third-order valence-electron chi connectivity index (χ3n) is 4.32. The molecule has 3 rings (SSSR count). The van der Waals surface area contributed by atoms with Crippen molar-refractivity contribution < 1.29 is 4.92 Å². The second-order valence-corrected chi connectivity index (χ2v) is 5.21. The zero-order chi connectivity index (χ0) is 12.6. The van der Waals surface area contributed by atoms with Crippen LogP contribution in [0.1, 0.15) is 19.3 Å². The van der Waals surface area contributed by atoms with Gasteiger partial charge in [-0.05, 0) is 0 Å². The first kappa shape index (κ1) is 12.7. The van der Waals surface area contributed by atoms with Crippen molar-refractivity contribution >= 4 is 0 Å². The lowest BCUT2D eigenvalue weighted by atomic mass is 9.69. The van der Waals surface area contributed by atoms with E-state index in [1.54, 1.807) is 0 Å². The molecule has 0 aromatic heterocycles. The Hall–Kier alpha value is -0.760. The summed E-state index contributed by atoms with van der Waals surface area (Å²) in [5.41, 5.74) is 16.4. The Balaban J connectivity index is 2.33. The van der Waals surface area contributed by atoms with Crippen molar-refractivity contribution in [3.05, 3.63) is 10.1 Å². The predicted molar refractivity (Wildman–Crippen MR) is 63.9 cm³/mol. The van der Waals surface area contributed by atoms with Crippen molar-refractivity contribution in [1.82, 2.24) is 4.90 Å². The van der Waals surface area contributed by atoms with Gasteiger partial charge < -0.3 is 17.2 Å². The molecule has 0 radical (unpaired) electrons. The molecule has 98 valence electrons. The molecule has 5 atom stereocenters. The zero-order valence-electron chi connectivity index (χ0n) is 9.92. The van der Waals surface area contributed by atoms with Crippen molar-refractivity contribution in [1.29, 1.82) is 0 Å². The summed E-state index contributed by atoms with van der Waals surface area (Å²) in [7, 11) is 0. The topological polar surface area (TPSA) is 124 Å². The second-order valence-electron chi connectivity index (χ2n) is 5.21. The van der Waals surface area contributed by atoms with E-state index in [0.29, 0.717) is 38.9 Å². The molecule has 0 aromatic rings. The highest BCUT2D eigenvalue weighted by atomic mass is 16.6. The molecule has 7 heteroatoms. The van der Waals surface area contributed by atoms with Crippen LogP contribution in [0.15, 0.2) is 0 Å². The maximum Gasteiger partial charge on any atom is 0.226 e. The first-order chi connectivity index (χ1) is 8.07. The highest BCUT2D eigenvalue weighted by Crippen LogP contribution is 2.44. The molecule has 6 N–H and O–H groups in total. The fraction of sp³-hybridized carbons (Fsp3) is 1.00. The Morgan fingerprint density at radius 1 is 1.06 bits per heavy atom. The Morgan fingerprint density at radius 2 is 1.41 bits per heavy atom. The monoisotopic (exact) mass is 243 g/mol. The molecule has 3 fully saturated rings. The van der Waals surface area contributed by atoms with Crippen LogP contribution in [0.4, 0.5) is 0 Å². The smallest absolute Gasteiger partial charge is 0.226 e. The Kier molecular flexibility index (Phi) is 3.35. The van der Waals surface area contributed by atoms with Crippen molar-refractivity contribution in [2.45, 2.75) is 42.9 Å². The first-order valence-corrected chi connectivity index (χ1v) is 6.10. The van der Waals surface area contributed by atoms with Crippen LogP contribution >= 0.6 is 0 Å². The zero-order valence-corrected chi connectivity index (χ0v) is 9.92. The van der Waals surface area contributed by atoms with Gasteiger partial charge in [0.25, 0.3) is 0 Å². The molecule has 3 saturated heterocycles. The maximum atomic E-state index is 11.4. The fourth-order valence-corrected chi connectivity index (χ4v) is 3.62. The summed E-state index contributed by atoms with van der Waals surface area (Å²) in [4.78, 5) is 13.5. The van der Waals surface area contributed by atoms with E-state index in [0.717, 1.165) is 0 Å². The molecule has 3 aliphatic heterocycles. The average Bonchev–Trinajstić information content (AvgIpc) is 2.37. The third-order valence-corrected chi connectivity index (χ3v) is 4.32. The van der Waals surface area contributed by atoms with E-state index in [-0.39, 0.29) is 23.0 Å². The normalized spacial score (nSPS) is 44.9. The molecule has 3 heterocycles. The summed E-state index contributed by atoms with van der Waals surface area (Å²) < 4.78 is 0. The van der Waals surface area contributed by atoms with Gasteiger partial charge in [0.2, 0.25) is 5.54 Å². The van der Waals surface area contributed by atoms with Gasteiger partial charge >= 0.3 is 0 Å². The number of nitrogens with two attached hydrogens (primary N) is 3. The number of piperidine rings is 3.